The van der Waals surface area contributed by atoms with E-state index in [2.05, 4.69) is 25.2 Å². The zero-order chi connectivity index (χ0) is 21.1. The summed E-state index contributed by atoms with van der Waals surface area (Å²) in [5, 5.41) is 9.01. The molecule has 0 atom stereocenters. The highest BCUT2D eigenvalue weighted by Crippen LogP contribution is 2.20. The molecule has 3 heterocycles. The molecule has 1 saturated heterocycles. The van der Waals surface area contributed by atoms with Crippen LogP contribution >= 0.6 is 11.6 Å². The number of halogens is 1. The van der Waals surface area contributed by atoms with E-state index in [1.807, 2.05) is 19.1 Å². The van der Waals surface area contributed by atoms with Crippen molar-refractivity contribution >= 4 is 23.3 Å². The molecule has 0 aliphatic carbocycles. The van der Waals surface area contributed by atoms with Crippen LogP contribution in [0.5, 0.6) is 5.88 Å². The molecule has 10 heteroatoms. The van der Waals surface area contributed by atoms with E-state index in [0.717, 1.165) is 17.2 Å². The van der Waals surface area contributed by atoms with Gasteiger partial charge in [0.1, 0.15) is 0 Å². The molecule has 0 bridgehead atoms. The largest absolute Gasteiger partial charge is 0.480 e. The Morgan fingerprint density at radius 1 is 1.20 bits per heavy atom. The first kappa shape index (κ1) is 20.1. The maximum Gasteiger partial charge on any atom is 0.276 e. The van der Waals surface area contributed by atoms with Gasteiger partial charge in [0.15, 0.2) is 11.5 Å². The second-order valence-electron chi connectivity index (χ2n) is 6.83. The highest BCUT2D eigenvalue weighted by atomic mass is 35.5. The Bertz CT molecular complexity index is 1050. The Balaban J connectivity index is 1.49. The first-order valence-corrected chi connectivity index (χ1v) is 10.1. The number of piperazine rings is 1. The molecule has 0 unspecified atom stereocenters. The Kier molecular flexibility index (Phi) is 5.80. The third-order valence-corrected chi connectivity index (χ3v) is 5.29. The van der Waals surface area contributed by atoms with Gasteiger partial charge in [-0.3, -0.25) is 9.78 Å². The average molecular weight is 428 g/mol. The number of aromatic nitrogens is 5. The zero-order valence-electron chi connectivity index (χ0n) is 16.8. The molecule has 3 aromatic rings. The van der Waals surface area contributed by atoms with Gasteiger partial charge in [-0.15, -0.1) is 5.10 Å². The average Bonchev–Trinajstić information content (AvgIpc) is 3.23. The molecule has 1 aromatic carbocycles. The van der Waals surface area contributed by atoms with E-state index in [1.54, 1.807) is 41.2 Å². The lowest BCUT2D eigenvalue weighted by Crippen LogP contribution is -2.49. The summed E-state index contributed by atoms with van der Waals surface area (Å²) in [6.07, 6.45) is 3.89. The molecule has 4 rings (SSSR count). The van der Waals surface area contributed by atoms with Crippen molar-refractivity contribution in [2.24, 2.45) is 0 Å². The fourth-order valence-corrected chi connectivity index (χ4v) is 3.66. The standard InChI is InChI=1S/C20H22ClN7O2/c1-3-16-19(24-25-28(16)15-6-4-5-14(21)11-15)20(29)27-9-7-26(8-10-27)17-12-22-13-18(23-17)30-2/h4-6,11-13H,3,7-10H2,1-2H3. The number of amides is 1. The Labute approximate surface area is 179 Å². The summed E-state index contributed by atoms with van der Waals surface area (Å²) in [5.41, 5.74) is 1.93. The van der Waals surface area contributed by atoms with Gasteiger partial charge >= 0.3 is 0 Å². The number of rotatable bonds is 5. The van der Waals surface area contributed by atoms with E-state index in [1.165, 1.54) is 0 Å². The third kappa shape index (κ3) is 3.93. The third-order valence-electron chi connectivity index (χ3n) is 5.05. The minimum absolute atomic E-state index is 0.114. The van der Waals surface area contributed by atoms with Gasteiger partial charge < -0.3 is 14.5 Å². The van der Waals surface area contributed by atoms with Gasteiger partial charge in [-0.2, -0.15) is 4.98 Å². The summed E-state index contributed by atoms with van der Waals surface area (Å²) in [6.45, 7) is 4.40. The number of nitrogens with zero attached hydrogens (tertiary/aromatic N) is 7. The van der Waals surface area contributed by atoms with Crippen LogP contribution in [0.4, 0.5) is 5.82 Å². The van der Waals surface area contributed by atoms with Gasteiger partial charge in [0.25, 0.3) is 5.91 Å². The summed E-state index contributed by atoms with van der Waals surface area (Å²) in [5.74, 6) is 1.09. The van der Waals surface area contributed by atoms with Gasteiger partial charge in [-0.1, -0.05) is 29.8 Å². The van der Waals surface area contributed by atoms with Gasteiger partial charge in [0, 0.05) is 31.2 Å². The molecule has 0 saturated carbocycles. The van der Waals surface area contributed by atoms with Crippen LogP contribution in [-0.2, 0) is 6.42 Å². The quantitative estimate of drug-likeness (QED) is 0.616. The van der Waals surface area contributed by atoms with E-state index in [4.69, 9.17) is 16.3 Å². The van der Waals surface area contributed by atoms with Crippen molar-refractivity contribution in [1.29, 1.82) is 0 Å². The summed E-state index contributed by atoms with van der Waals surface area (Å²) in [6, 6.07) is 7.34. The van der Waals surface area contributed by atoms with Gasteiger partial charge in [0.2, 0.25) is 5.88 Å². The van der Waals surface area contributed by atoms with Crippen LogP contribution in [0, 0.1) is 0 Å². The van der Waals surface area contributed by atoms with Crippen molar-refractivity contribution < 1.29 is 9.53 Å². The van der Waals surface area contributed by atoms with Crippen LogP contribution in [0.2, 0.25) is 5.02 Å². The first-order chi connectivity index (χ1) is 14.6. The van der Waals surface area contributed by atoms with Crippen molar-refractivity contribution in [2.75, 3.05) is 38.2 Å². The van der Waals surface area contributed by atoms with Gasteiger partial charge in [-0.25, -0.2) is 4.68 Å². The van der Waals surface area contributed by atoms with Crippen molar-refractivity contribution in [1.82, 2.24) is 29.9 Å². The molecular weight excluding hydrogens is 406 g/mol. The van der Waals surface area contributed by atoms with E-state index in [0.29, 0.717) is 49.2 Å². The molecule has 156 valence electrons. The SMILES string of the molecule is CCc1c(C(=O)N2CCN(c3cncc(OC)n3)CC2)nnn1-c1cccc(Cl)c1. The monoisotopic (exact) mass is 427 g/mol. The number of carbonyl (C=O) groups excluding carboxylic acids is 1. The number of hydrogen-bond donors (Lipinski definition) is 0. The lowest BCUT2D eigenvalue weighted by Gasteiger charge is -2.35. The number of hydrogen-bond acceptors (Lipinski definition) is 7. The number of benzene rings is 1. The Hall–Kier alpha value is -3.20. The van der Waals surface area contributed by atoms with E-state index in [9.17, 15) is 4.79 Å². The van der Waals surface area contributed by atoms with E-state index in [-0.39, 0.29) is 5.91 Å². The fraction of sp³-hybridized carbons (Fsp3) is 0.350. The summed E-state index contributed by atoms with van der Waals surface area (Å²) in [4.78, 5) is 25.6. The van der Waals surface area contributed by atoms with Gasteiger partial charge in [-0.05, 0) is 24.6 Å². The second-order valence-corrected chi connectivity index (χ2v) is 7.27. The van der Waals surface area contributed by atoms with E-state index < -0.39 is 0 Å². The molecular formula is C20H22ClN7O2. The summed E-state index contributed by atoms with van der Waals surface area (Å²) >= 11 is 6.11. The first-order valence-electron chi connectivity index (χ1n) is 9.71. The molecule has 2 aromatic heterocycles. The molecule has 9 nitrogen and oxygen atoms in total. The zero-order valence-corrected chi connectivity index (χ0v) is 17.6. The van der Waals surface area contributed by atoms with Crippen molar-refractivity contribution in [3.05, 3.63) is 53.1 Å². The highest BCUT2D eigenvalue weighted by Gasteiger charge is 2.28. The predicted molar refractivity (Wildman–Crippen MR) is 112 cm³/mol. The van der Waals surface area contributed by atoms with Crippen molar-refractivity contribution in [3.8, 4) is 11.6 Å². The van der Waals surface area contributed by atoms with Crippen molar-refractivity contribution in [2.45, 2.75) is 13.3 Å². The van der Waals surface area contributed by atoms with Crippen LogP contribution in [0.15, 0.2) is 36.7 Å². The molecule has 30 heavy (non-hydrogen) atoms. The number of carbonyl (C=O) groups is 1. The molecule has 0 N–H and O–H groups in total. The molecule has 0 spiro atoms. The highest BCUT2D eigenvalue weighted by molar-refractivity contribution is 6.30. The summed E-state index contributed by atoms with van der Waals surface area (Å²) in [7, 11) is 1.56. The Morgan fingerprint density at radius 3 is 2.70 bits per heavy atom. The predicted octanol–water partition coefficient (Wildman–Crippen LogP) is 2.24. The van der Waals surface area contributed by atoms with Crippen LogP contribution in [0.1, 0.15) is 23.1 Å². The molecule has 1 aliphatic heterocycles. The van der Waals surface area contributed by atoms with Crippen LogP contribution < -0.4 is 9.64 Å². The lowest BCUT2D eigenvalue weighted by molar-refractivity contribution is 0.0739. The minimum atomic E-state index is -0.114. The normalized spacial score (nSPS) is 14.1. The lowest BCUT2D eigenvalue weighted by atomic mass is 10.2. The van der Waals surface area contributed by atoms with Gasteiger partial charge in [0.05, 0.1) is 30.9 Å². The maximum absolute atomic E-state index is 13.2. The molecule has 1 fully saturated rings. The fourth-order valence-electron chi connectivity index (χ4n) is 3.48. The number of methoxy groups -OCH3 is 1. The van der Waals surface area contributed by atoms with E-state index >= 15 is 0 Å². The minimum Gasteiger partial charge on any atom is -0.480 e. The molecule has 1 amide bonds. The number of anilines is 1. The second kappa shape index (κ2) is 8.66. The maximum atomic E-state index is 13.2. The van der Waals surface area contributed by atoms with Crippen LogP contribution in [0.3, 0.4) is 0 Å². The van der Waals surface area contributed by atoms with Crippen molar-refractivity contribution in [3.63, 3.8) is 0 Å². The molecule has 1 aliphatic rings. The van der Waals surface area contributed by atoms with Crippen LogP contribution in [0.25, 0.3) is 5.69 Å². The Morgan fingerprint density at radius 2 is 2.00 bits per heavy atom. The summed E-state index contributed by atoms with van der Waals surface area (Å²) < 4.78 is 6.83. The topological polar surface area (TPSA) is 89.3 Å². The smallest absolute Gasteiger partial charge is 0.276 e. The molecule has 0 radical (unpaired) electrons. The van der Waals surface area contributed by atoms with Crippen LogP contribution in [-0.4, -0.2) is 69.1 Å². The number of ether oxygens (including phenoxy) is 1.